The molecule has 0 aromatic carbocycles. The van der Waals surface area contributed by atoms with E-state index in [0.29, 0.717) is 31.6 Å². The van der Waals surface area contributed by atoms with Gasteiger partial charge in [-0.15, -0.1) is 0 Å². The average Bonchev–Trinajstić information content (AvgIpc) is 3.34. The molecule has 2 N–H and O–H groups in total. The van der Waals surface area contributed by atoms with E-state index in [-0.39, 0.29) is 29.9 Å². The number of carbonyl (C=O) groups excluding carboxylic acids is 2. The van der Waals surface area contributed by atoms with Gasteiger partial charge >= 0.3 is 12.2 Å². The SMILES string of the molecule is CCCCOC(=O)N1CCC(Nc2ncc([C@@H]3CC[C@H](OC(=O)NC4(C)CC4)C3)cn2)CC1. The Kier molecular flexibility index (Phi) is 7.55. The molecule has 0 bridgehead atoms. The number of hydrogen-bond donors (Lipinski definition) is 2. The molecule has 182 valence electrons. The first-order valence-electron chi connectivity index (χ1n) is 12.4. The van der Waals surface area contributed by atoms with Crippen LogP contribution in [-0.4, -0.2) is 64.4 Å². The first kappa shape index (κ1) is 23.6. The lowest BCUT2D eigenvalue weighted by Gasteiger charge is -2.31. The van der Waals surface area contributed by atoms with Gasteiger partial charge in [-0.2, -0.15) is 0 Å². The molecule has 9 heteroatoms. The molecule has 2 saturated carbocycles. The topological polar surface area (TPSA) is 106 Å². The summed E-state index contributed by atoms with van der Waals surface area (Å²) in [6.45, 7) is 5.97. The van der Waals surface area contributed by atoms with Gasteiger partial charge in [-0.05, 0) is 69.8 Å². The van der Waals surface area contributed by atoms with Crippen molar-refractivity contribution in [3.8, 4) is 0 Å². The first-order valence-corrected chi connectivity index (χ1v) is 12.4. The van der Waals surface area contributed by atoms with Crippen molar-refractivity contribution >= 4 is 18.1 Å². The highest BCUT2D eigenvalue weighted by Gasteiger charge is 2.40. The van der Waals surface area contributed by atoms with Crippen molar-refractivity contribution in [2.75, 3.05) is 25.0 Å². The number of amides is 2. The number of likely N-dealkylation sites (tertiary alicyclic amines) is 1. The molecule has 2 heterocycles. The van der Waals surface area contributed by atoms with E-state index in [4.69, 9.17) is 9.47 Å². The van der Waals surface area contributed by atoms with E-state index in [9.17, 15) is 9.59 Å². The number of ether oxygens (including phenoxy) is 2. The van der Waals surface area contributed by atoms with Gasteiger partial charge in [-0.3, -0.25) is 0 Å². The van der Waals surface area contributed by atoms with Crippen molar-refractivity contribution in [1.82, 2.24) is 20.2 Å². The highest BCUT2D eigenvalue weighted by atomic mass is 16.6. The lowest BCUT2D eigenvalue weighted by molar-refractivity contribution is 0.0926. The molecular weight excluding hydrogens is 422 g/mol. The number of nitrogens with one attached hydrogen (secondary N) is 2. The number of carbonyl (C=O) groups is 2. The van der Waals surface area contributed by atoms with Crippen molar-refractivity contribution in [1.29, 1.82) is 0 Å². The van der Waals surface area contributed by atoms with E-state index in [0.717, 1.165) is 63.4 Å². The maximum absolute atomic E-state index is 12.1. The second-order valence-electron chi connectivity index (χ2n) is 9.94. The van der Waals surface area contributed by atoms with Crippen molar-refractivity contribution in [2.24, 2.45) is 0 Å². The van der Waals surface area contributed by atoms with Gasteiger partial charge in [0.1, 0.15) is 6.10 Å². The maximum atomic E-state index is 12.1. The van der Waals surface area contributed by atoms with Crippen LogP contribution in [0, 0.1) is 0 Å². The Morgan fingerprint density at radius 3 is 2.55 bits per heavy atom. The highest BCUT2D eigenvalue weighted by molar-refractivity contribution is 5.69. The lowest BCUT2D eigenvalue weighted by atomic mass is 10.0. The summed E-state index contributed by atoms with van der Waals surface area (Å²) in [6, 6.07) is 0.242. The standard InChI is InChI=1S/C24H37N5O4/c1-3-4-13-32-23(31)29-11-7-19(8-12-29)27-21-25-15-18(16-26-21)17-5-6-20(14-17)33-22(30)28-24(2)9-10-24/h15-17,19-20H,3-14H2,1-2H3,(H,28,30)(H,25,26,27)/t17-,20+/m1/s1. The summed E-state index contributed by atoms with van der Waals surface area (Å²) in [7, 11) is 0. The molecule has 2 aliphatic carbocycles. The molecule has 0 radical (unpaired) electrons. The summed E-state index contributed by atoms with van der Waals surface area (Å²) in [5.41, 5.74) is 1.03. The van der Waals surface area contributed by atoms with Gasteiger partial charge in [0.15, 0.2) is 0 Å². The molecular formula is C24H37N5O4. The minimum Gasteiger partial charge on any atom is -0.449 e. The van der Waals surface area contributed by atoms with Crippen LogP contribution in [0.3, 0.4) is 0 Å². The summed E-state index contributed by atoms with van der Waals surface area (Å²) in [6.07, 6.45) is 11.5. The zero-order valence-corrected chi connectivity index (χ0v) is 19.8. The number of unbranched alkanes of at least 4 members (excludes halogenated alkanes) is 1. The van der Waals surface area contributed by atoms with Crippen LogP contribution in [-0.2, 0) is 9.47 Å². The van der Waals surface area contributed by atoms with E-state index >= 15 is 0 Å². The molecule has 3 aliphatic rings. The Morgan fingerprint density at radius 1 is 1.15 bits per heavy atom. The van der Waals surface area contributed by atoms with Crippen LogP contribution in [0.4, 0.5) is 15.5 Å². The predicted molar refractivity (Wildman–Crippen MR) is 124 cm³/mol. The number of hydrogen-bond acceptors (Lipinski definition) is 7. The summed E-state index contributed by atoms with van der Waals surface area (Å²) in [4.78, 5) is 34.9. The average molecular weight is 460 g/mol. The summed E-state index contributed by atoms with van der Waals surface area (Å²) >= 11 is 0. The van der Waals surface area contributed by atoms with Crippen molar-refractivity contribution in [3.63, 3.8) is 0 Å². The van der Waals surface area contributed by atoms with Crippen LogP contribution >= 0.6 is 0 Å². The van der Waals surface area contributed by atoms with Crippen molar-refractivity contribution in [2.45, 2.75) is 95.2 Å². The third kappa shape index (κ3) is 6.71. The highest BCUT2D eigenvalue weighted by Crippen LogP contribution is 2.37. The normalized spacial score (nSPS) is 24.2. The van der Waals surface area contributed by atoms with E-state index in [1.54, 1.807) is 4.90 Å². The second-order valence-corrected chi connectivity index (χ2v) is 9.94. The van der Waals surface area contributed by atoms with Crippen molar-refractivity contribution < 1.29 is 19.1 Å². The second kappa shape index (κ2) is 10.6. The Balaban J connectivity index is 1.18. The number of nitrogens with zero attached hydrogens (tertiary/aromatic N) is 3. The van der Waals surface area contributed by atoms with Crippen LogP contribution in [0.2, 0.25) is 0 Å². The molecule has 1 saturated heterocycles. The van der Waals surface area contributed by atoms with Crippen molar-refractivity contribution in [3.05, 3.63) is 18.0 Å². The largest absolute Gasteiger partial charge is 0.449 e. The fourth-order valence-corrected chi connectivity index (χ4v) is 4.50. The number of aromatic nitrogens is 2. The zero-order chi connectivity index (χ0) is 23.3. The molecule has 2 atom stereocenters. The van der Waals surface area contributed by atoms with Gasteiger partial charge in [0.2, 0.25) is 5.95 Å². The fraction of sp³-hybridized carbons (Fsp3) is 0.750. The minimum atomic E-state index is -0.295. The smallest absolute Gasteiger partial charge is 0.409 e. The molecule has 9 nitrogen and oxygen atoms in total. The molecule has 1 aromatic rings. The minimum absolute atomic E-state index is 0.0472. The first-order chi connectivity index (χ1) is 15.9. The summed E-state index contributed by atoms with van der Waals surface area (Å²) in [5.74, 6) is 0.931. The van der Waals surface area contributed by atoms with Gasteiger partial charge < -0.3 is 25.0 Å². The summed E-state index contributed by atoms with van der Waals surface area (Å²) < 4.78 is 10.9. The van der Waals surface area contributed by atoms with Crippen LogP contribution in [0.25, 0.3) is 0 Å². The predicted octanol–water partition coefficient (Wildman–Crippen LogP) is 4.20. The van der Waals surface area contributed by atoms with E-state index in [2.05, 4.69) is 27.5 Å². The van der Waals surface area contributed by atoms with Gasteiger partial charge in [0.05, 0.1) is 6.61 Å². The van der Waals surface area contributed by atoms with Crippen LogP contribution in [0.1, 0.15) is 83.1 Å². The van der Waals surface area contributed by atoms with E-state index in [1.807, 2.05) is 19.3 Å². The number of piperidine rings is 1. The number of anilines is 1. The Morgan fingerprint density at radius 2 is 1.88 bits per heavy atom. The quantitative estimate of drug-likeness (QED) is 0.561. The lowest BCUT2D eigenvalue weighted by Crippen LogP contribution is -2.42. The Bertz CT molecular complexity index is 806. The third-order valence-corrected chi connectivity index (χ3v) is 7.02. The van der Waals surface area contributed by atoms with Gasteiger partial charge in [0.25, 0.3) is 0 Å². The van der Waals surface area contributed by atoms with Gasteiger partial charge in [-0.25, -0.2) is 19.6 Å². The molecule has 0 spiro atoms. The number of alkyl carbamates (subject to hydrolysis) is 1. The Hall–Kier alpha value is -2.58. The maximum Gasteiger partial charge on any atom is 0.409 e. The molecule has 1 aromatic heterocycles. The van der Waals surface area contributed by atoms with Crippen LogP contribution in [0.15, 0.2) is 12.4 Å². The monoisotopic (exact) mass is 459 g/mol. The van der Waals surface area contributed by atoms with E-state index < -0.39 is 0 Å². The zero-order valence-electron chi connectivity index (χ0n) is 19.8. The van der Waals surface area contributed by atoms with Crippen LogP contribution in [0.5, 0.6) is 0 Å². The third-order valence-electron chi connectivity index (χ3n) is 7.02. The Labute approximate surface area is 196 Å². The molecule has 0 unspecified atom stereocenters. The molecule has 2 amide bonds. The number of rotatable bonds is 8. The van der Waals surface area contributed by atoms with E-state index in [1.165, 1.54) is 0 Å². The van der Waals surface area contributed by atoms with Gasteiger partial charge in [-0.1, -0.05) is 13.3 Å². The fourth-order valence-electron chi connectivity index (χ4n) is 4.50. The molecule has 33 heavy (non-hydrogen) atoms. The summed E-state index contributed by atoms with van der Waals surface area (Å²) in [5, 5.41) is 6.35. The van der Waals surface area contributed by atoms with Crippen LogP contribution < -0.4 is 10.6 Å². The molecule has 1 aliphatic heterocycles. The molecule has 3 fully saturated rings. The molecule has 4 rings (SSSR count). The van der Waals surface area contributed by atoms with Gasteiger partial charge in [0, 0.05) is 37.1 Å².